The largest absolute Gasteiger partial charge is 0.409 e. The number of hydrogen-bond acceptors (Lipinski definition) is 5. The Hall–Kier alpha value is -1.40. The predicted octanol–water partition coefficient (Wildman–Crippen LogP) is 0.0120. The van der Waals surface area contributed by atoms with Gasteiger partial charge in [-0.05, 0) is 6.92 Å². The van der Waals surface area contributed by atoms with Crippen molar-refractivity contribution >= 4 is 6.34 Å². The molecule has 7 heteroatoms. The molecule has 0 bridgehead atoms. The fourth-order valence-corrected chi connectivity index (χ4v) is 0.806. The van der Waals surface area contributed by atoms with Gasteiger partial charge in [0.2, 0.25) is 0 Å². The maximum absolute atomic E-state index is 12.5. The van der Waals surface area contributed by atoms with Gasteiger partial charge in [0, 0.05) is 6.54 Å². The topological polar surface area (TPSA) is 62.0 Å². The van der Waals surface area contributed by atoms with E-state index in [0.29, 0.717) is 6.54 Å². The van der Waals surface area contributed by atoms with Gasteiger partial charge < -0.3 is 0 Å². The number of halogens is 1. The molecule has 11 heavy (non-hydrogen) atoms. The molecule has 1 aliphatic rings. The van der Waals surface area contributed by atoms with Gasteiger partial charge in [0.15, 0.2) is 6.34 Å². The Morgan fingerprint density at radius 2 is 2.55 bits per heavy atom. The molecule has 0 saturated carbocycles. The molecule has 0 N–H and O–H groups in total. The SMILES string of the molecule is CCN1N=CN(F)C1[N+](=O)[O-]. The van der Waals surface area contributed by atoms with E-state index < -0.39 is 11.2 Å². The fraction of sp³-hybridized carbons (Fsp3) is 0.750. The minimum Gasteiger partial charge on any atom is -0.261 e. The molecule has 1 aliphatic heterocycles. The van der Waals surface area contributed by atoms with E-state index in [1.54, 1.807) is 6.92 Å². The molecular weight excluding hydrogens is 155 g/mol. The van der Waals surface area contributed by atoms with Gasteiger partial charge in [-0.25, -0.2) is 5.01 Å². The summed E-state index contributed by atoms with van der Waals surface area (Å²) in [6, 6.07) is 0. The zero-order valence-electron chi connectivity index (χ0n) is 5.85. The van der Waals surface area contributed by atoms with Gasteiger partial charge in [-0.1, -0.05) is 4.48 Å². The van der Waals surface area contributed by atoms with Crippen LogP contribution in [0.25, 0.3) is 0 Å². The third kappa shape index (κ3) is 1.21. The number of rotatable bonds is 2. The summed E-state index contributed by atoms with van der Waals surface area (Å²) >= 11 is 0. The van der Waals surface area contributed by atoms with Crippen LogP contribution in [0.3, 0.4) is 0 Å². The zero-order valence-corrected chi connectivity index (χ0v) is 5.85. The van der Waals surface area contributed by atoms with Crippen LogP contribution in [0.2, 0.25) is 0 Å². The molecule has 0 aromatic carbocycles. The smallest absolute Gasteiger partial charge is 0.261 e. The highest BCUT2D eigenvalue weighted by atomic mass is 19.2. The summed E-state index contributed by atoms with van der Waals surface area (Å²) in [5.41, 5.74) is 0. The average molecular weight is 162 g/mol. The second-order valence-electron chi connectivity index (χ2n) is 1.96. The third-order valence-corrected chi connectivity index (χ3v) is 1.31. The van der Waals surface area contributed by atoms with Crippen molar-refractivity contribution in [2.75, 3.05) is 6.54 Å². The second kappa shape index (κ2) is 2.69. The molecular formula is C4H7FN4O2. The molecule has 0 radical (unpaired) electrons. The van der Waals surface area contributed by atoms with Crippen LogP contribution in [0.4, 0.5) is 4.48 Å². The summed E-state index contributed by atoms with van der Waals surface area (Å²) in [5.74, 6) is 0. The van der Waals surface area contributed by atoms with E-state index in [4.69, 9.17) is 0 Å². The minimum atomic E-state index is -1.49. The van der Waals surface area contributed by atoms with E-state index in [1.165, 1.54) is 0 Å². The minimum absolute atomic E-state index is 0.0382. The first kappa shape index (κ1) is 7.70. The maximum Gasteiger partial charge on any atom is 0.409 e. The molecule has 1 rings (SSSR count). The second-order valence-corrected chi connectivity index (χ2v) is 1.96. The van der Waals surface area contributed by atoms with E-state index in [0.717, 1.165) is 11.3 Å². The Labute approximate surface area is 62.0 Å². The van der Waals surface area contributed by atoms with Crippen molar-refractivity contribution in [2.24, 2.45) is 5.10 Å². The lowest BCUT2D eigenvalue weighted by Gasteiger charge is -2.15. The van der Waals surface area contributed by atoms with Crippen molar-refractivity contribution in [3.63, 3.8) is 0 Å². The molecule has 6 nitrogen and oxygen atoms in total. The average Bonchev–Trinajstić information content (AvgIpc) is 2.30. The van der Waals surface area contributed by atoms with Crippen molar-refractivity contribution < 1.29 is 9.40 Å². The van der Waals surface area contributed by atoms with Crippen LogP contribution in [-0.2, 0) is 0 Å². The Balaban J connectivity index is 2.69. The van der Waals surface area contributed by atoms with E-state index in [2.05, 4.69) is 5.10 Å². The van der Waals surface area contributed by atoms with Crippen LogP contribution in [0.1, 0.15) is 6.92 Å². The molecule has 1 unspecified atom stereocenters. The Morgan fingerprint density at radius 1 is 1.91 bits per heavy atom. The normalized spacial score (nSPS) is 22.9. The van der Waals surface area contributed by atoms with Crippen LogP contribution in [-0.4, -0.2) is 34.2 Å². The number of hydrogen-bond donors (Lipinski definition) is 0. The van der Waals surface area contributed by atoms with Crippen LogP contribution < -0.4 is 0 Å². The highest BCUT2D eigenvalue weighted by Crippen LogP contribution is 2.11. The standard InChI is InChI=1S/C4H7FN4O2/c1-2-8-4(9(10)11)7(5)3-6-8/h3-4H,2H2,1H3. The maximum atomic E-state index is 12.5. The zero-order chi connectivity index (χ0) is 8.43. The van der Waals surface area contributed by atoms with Gasteiger partial charge in [0.25, 0.3) is 0 Å². The molecule has 0 fully saturated rings. The van der Waals surface area contributed by atoms with E-state index in [-0.39, 0.29) is 5.12 Å². The Morgan fingerprint density at radius 3 is 2.91 bits per heavy atom. The van der Waals surface area contributed by atoms with Crippen molar-refractivity contribution in [1.82, 2.24) is 10.1 Å². The summed E-state index contributed by atoms with van der Waals surface area (Å²) in [7, 11) is 0. The van der Waals surface area contributed by atoms with Gasteiger partial charge in [-0.15, -0.1) is 5.12 Å². The van der Waals surface area contributed by atoms with Crippen LogP contribution in [0, 0.1) is 10.1 Å². The van der Waals surface area contributed by atoms with Gasteiger partial charge in [-0.3, -0.25) is 10.1 Å². The molecule has 1 atom stereocenters. The van der Waals surface area contributed by atoms with Gasteiger partial charge >= 0.3 is 6.29 Å². The van der Waals surface area contributed by atoms with Crippen molar-refractivity contribution in [3.8, 4) is 0 Å². The number of nitrogens with zero attached hydrogens (tertiary/aromatic N) is 4. The lowest BCUT2D eigenvalue weighted by Crippen LogP contribution is -2.41. The van der Waals surface area contributed by atoms with E-state index in [1.807, 2.05) is 0 Å². The van der Waals surface area contributed by atoms with E-state index in [9.17, 15) is 14.6 Å². The lowest BCUT2D eigenvalue weighted by molar-refractivity contribution is -0.581. The van der Waals surface area contributed by atoms with Gasteiger partial charge in [-0.2, -0.15) is 5.10 Å². The summed E-state index contributed by atoms with van der Waals surface area (Å²) in [4.78, 5) is 9.44. The molecule has 62 valence electrons. The number of nitro groups is 1. The number of hydrazone groups is 1. The summed E-state index contributed by atoms with van der Waals surface area (Å²) in [6.45, 7) is 1.97. The summed E-state index contributed by atoms with van der Waals surface area (Å²) < 4.78 is 12.5. The van der Waals surface area contributed by atoms with Crippen molar-refractivity contribution in [2.45, 2.75) is 13.2 Å². The van der Waals surface area contributed by atoms with Crippen molar-refractivity contribution in [1.29, 1.82) is 0 Å². The first-order chi connectivity index (χ1) is 5.16. The Bertz CT molecular complexity index is 197. The van der Waals surface area contributed by atoms with Gasteiger partial charge in [0.05, 0.1) is 4.92 Å². The molecule has 0 amide bonds. The summed E-state index contributed by atoms with van der Waals surface area (Å²) in [5, 5.41) is 14.6. The highest BCUT2D eigenvalue weighted by molar-refractivity contribution is 5.54. The third-order valence-electron chi connectivity index (χ3n) is 1.31. The molecule has 0 saturated heterocycles. The molecule has 0 aromatic heterocycles. The quantitative estimate of drug-likeness (QED) is 0.326. The molecule has 0 aromatic rings. The first-order valence-corrected chi connectivity index (χ1v) is 3.05. The molecule has 0 aliphatic carbocycles. The molecule has 0 spiro atoms. The van der Waals surface area contributed by atoms with Crippen molar-refractivity contribution in [3.05, 3.63) is 10.1 Å². The lowest BCUT2D eigenvalue weighted by atomic mass is 10.7. The van der Waals surface area contributed by atoms with Gasteiger partial charge in [0.1, 0.15) is 0 Å². The van der Waals surface area contributed by atoms with Crippen LogP contribution in [0.5, 0.6) is 0 Å². The Kier molecular flexibility index (Phi) is 1.88. The van der Waals surface area contributed by atoms with Crippen LogP contribution in [0.15, 0.2) is 5.10 Å². The highest BCUT2D eigenvalue weighted by Gasteiger charge is 2.37. The summed E-state index contributed by atoms with van der Waals surface area (Å²) in [6.07, 6.45) is -0.697. The van der Waals surface area contributed by atoms with E-state index >= 15 is 0 Å². The fourth-order valence-electron chi connectivity index (χ4n) is 0.806. The molecule has 1 heterocycles. The predicted molar refractivity (Wildman–Crippen MR) is 34.6 cm³/mol. The monoisotopic (exact) mass is 162 g/mol. The first-order valence-electron chi connectivity index (χ1n) is 3.05. The van der Waals surface area contributed by atoms with Crippen LogP contribution >= 0.6 is 0 Å².